The van der Waals surface area contributed by atoms with E-state index in [-0.39, 0.29) is 11.4 Å². The predicted octanol–water partition coefficient (Wildman–Crippen LogP) is 3.45. The van der Waals surface area contributed by atoms with Gasteiger partial charge in [-0.3, -0.25) is 0 Å². The second kappa shape index (κ2) is 6.29. The fourth-order valence-corrected chi connectivity index (χ4v) is 2.85. The van der Waals surface area contributed by atoms with Gasteiger partial charge in [0.2, 0.25) is 0 Å². The fourth-order valence-electron chi connectivity index (χ4n) is 1.60. The zero-order valence-electron chi connectivity index (χ0n) is 10.8. The zero-order valence-corrected chi connectivity index (χ0v) is 12.4. The molecule has 1 aromatic rings. The monoisotopic (exact) mass is 285 g/mol. The van der Waals surface area contributed by atoms with Crippen molar-refractivity contribution in [2.24, 2.45) is 0 Å². The molecule has 2 N–H and O–H groups in total. The van der Waals surface area contributed by atoms with Crippen LogP contribution in [-0.2, 0) is 6.54 Å². The van der Waals surface area contributed by atoms with E-state index in [4.69, 9.17) is 11.6 Å². The van der Waals surface area contributed by atoms with Crippen LogP contribution in [0.1, 0.15) is 32.3 Å². The van der Waals surface area contributed by atoms with Gasteiger partial charge in [0.1, 0.15) is 0 Å². The summed E-state index contributed by atoms with van der Waals surface area (Å²) in [4.78, 5) is 1.04. The molecule has 0 radical (unpaired) electrons. The summed E-state index contributed by atoms with van der Waals surface area (Å²) < 4.78 is 0. The smallest absolute Gasteiger partial charge is 0.0631 e. The van der Waals surface area contributed by atoms with Crippen molar-refractivity contribution in [3.63, 3.8) is 0 Å². The highest BCUT2D eigenvalue weighted by Crippen LogP contribution is 2.32. The molecule has 2 nitrogen and oxygen atoms in total. The molecule has 2 unspecified atom stereocenters. The summed E-state index contributed by atoms with van der Waals surface area (Å²) in [5.74, 6) is 0. The summed E-state index contributed by atoms with van der Waals surface area (Å²) in [6.07, 6.45) is 2.27. The molecule has 0 heterocycles. The highest BCUT2D eigenvalue weighted by molar-refractivity contribution is 8.00. The van der Waals surface area contributed by atoms with Crippen LogP contribution < -0.4 is 5.32 Å². The largest absolute Gasteiger partial charge is 0.392 e. The maximum atomic E-state index is 9.51. The Morgan fingerprint density at radius 3 is 2.72 bits per heavy atom. The summed E-state index contributed by atoms with van der Waals surface area (Å²) in [5.41, 5.74) is 1.22. The Balaban J connectivity index is 1.95. The average Bonchev–Trinajstić information content (AvgIpc) is 3.13. The average molecular weight is 286 g/mol. The Morgan fingerprint density at radius 2 is 2.17 bits per heavy atom. The Morgan fingerprint density at radius 1 is 1.44 bits per heavy atom. The molecule has 0 aliphatic heterocycles. The minimum Gasteiger partial charge on any atom is -0.392 e. The van der Waals surface area contributed by atoms with E-state index in [1.54, 1.807) is 18.7 Å². The first-order valence-electron chi connectivity index (χ1n) is 6.43. The maximum absolute atomic E-state index is 9.51. The van der Waals surface area contributed by atoms with E-state index < -0.39 is 0 Å². The standard InChI is InChI=1S/C14H20ClNOS/c1-9(17)10(2)18-14-6-3-11(7-13(14)15)8-16-12-4-5-12/h3,6-7,9-10,12,16-17H,4-5,8H2,1-2H3. The number of hydrogen-bond acceptors (Lipinski definition) is 3. The number of rotatable bonds is 6. The first kappa shape index (κ1) is 14.2. The second-order valence-electron chi connectivity index (χ2n) is 4.98. The van der Waals surface area contributed by atoms with Crippen LogP contribution in [-0.4, -0.2) is 22.5 Å². The van der Waals surface area contributed by atoms with Crippen LogP contribution in [0.2, 0.25) is 5.02 Å². The molecule has 0 spiro atoms. The highest BCUT2D eigenvalue weighted by atomic mass is 35.5. The van der Waals surface area contributed by atoms with Gasteiger partial charge in [-0.15, -0.1) is 11.8 Å². The Kier molecular flexibility index (Phi) is 4.96. The van der Waals surface area contributed by atoms with Gasteiger partial charge < -0.3 is 10.4 Å². The molecule has 1 saturated carbocycles. The summed E-state index contributed by atoms with van der Waals surface area (Å²) in [6.45, 7) is 4.70. The fraction of sp³-hybridized carbons (Fsp3) is 0.571. The van der Waals surface area contributed by atoms with Gasteiger partial charge in [-0.2, -0.15) is 0 Å². The van der Waals surface area contributed by atoms with Crippen molar-refractivity contribution in [1.29, 1.82) is 0 Å². The third kappa shape index (κ3) is 4.16. The molecule has 1 aliphatic carbocycles. The van der Waals surface area contributed by atoms with E-state index >= 15 is 0 Å². The van der Waals surface area contributed by atoms with E-state index in [2.05, 4.69) is 17.4 Å². The SMILES string of the molecule is CC(O)C(C)Sc1ccc(CNC2CC2)cc1Cl. The maximum Gasteiger partial charge on any atom is 0.0631 e. The lowest BCUT2D eigenvalue weighted by Gasteiger charge is -2.15. The van der Waals surface area contributed by atoms with Gasteiger partial charge in [0.05, 0.1) is 11.1 Å². The number of hydrogen-bond donors (Lipinski definition) is 2. The summed E-state index contributed by atoms with van der Waals surface area (Å²) in [6, 6.07) is 6.90. The van der Waals surface area contributed by atoms with Crippen molar-refractivity contribution in [1.82, 2.24) is 5.32 Å². The molecule has 1 aliphatic rings. The molecule has 4 heteroatoms. The van der Waals surface area contributed by atoms with Crippen LogP contribution in [0, 0.1) is 0 Å². The molecular formula is C14H20ClNOS. The number of aliphatic hydroxyl groups is 1. The van der Waals surface area contributed by atoms with Crippen LogP contribution in [0.4, 0.5) is 0 Å². The van der Waals surface area contributed by atoms with E-state index in [1.165, 1.54) is 18.4 Å². The number of aliphatic hydroxyl groups excluding tert-OH is 1. The topological polar surface area (TPSA) is 32.3 Å². The van der Waals surface area contributed by atoms with Crippen LogP contribution >= 0.6 is 23.4 Å². The summed E-state index contributed by atoms with van der Waals surface area (Å²) in [5, 5.41) is 13.9. The van der Waals surface area contributed by atoms with Gasteiger partial charge >= 0.3 is 0 Å². The molecule has 2 atom stereocenters. The van der Waals surface area contributed by atoms with E-state index in [0.29, 0.717) is 6.04 Å². The minimum absolute atomic E-state index is 0.151. The molecule has 0 saturated heterocycles. The van der Waals surface area contributed by atoms with Gasteiger partial charge in [-0.05, 0) is 37.5 Å². The van der Waals surface area contributed by atoms with Crippen molar-refractivity contribution in [2.45, 2.75) is 55.5 Å². The number of nitrogens with one attached hydrogen (secondary N) is 1. The predicted molar refractivity (Wildman–Crippen MR) is 78.3 cm³/mol. The van der Waals surface area contributed by atoms with Crippen molar-refractivity contribution in [2.75, 3.05) is 0 Å². The van der Waals surface area contributed by atoms with E-state index in [9.17, 15) is 5.11 Å². The normalized spacial score (nSPS) is 18.7. The molecule has 18 heavy (non-hydrogen) atoms. The number of thioether (sulfide) groups is 1. The van der Waals surface area contributed by atoms with Gasteiger partial charge in [0, 0.05) is 22.7 Å². The van der Waals surface area contributed by atoms with E-state index in [1.807, 2.05) is 13.0 Å². The van der Waals surface area contributed by atoms with Gasteiger partial charge in [-0.25, -0.2) is 0 Å². The van der Waals surface area contributed by atoms with Crippen LogP contribution in [0.5, 0.6) is 0 Å². The molecule has 0 bridgehead atoms. The number of benzene rings is 1. The Bertz CT molecular complexity index is 407. The lowest BCUT2D eigenvalue weighted by Crippen LogP contribution is -2.16. The minimum atomic E-state index is -0.331. The first-order valence-corrected chi connectivity index (χ1v) is 7.68. The summed E-state index contributed by atoms with van der Waals surface area (Å²) in [7, 11) is 0. The van der Waals surface area contributed by atoms with Crippen LogP contribution in [0.25, 0.3) is 0 Å². The molecular weight excluding hydrogens is 266 g/mol. The highest BCUT2D eigenvalue weighted by Gasteiger charge is 2.20. The molecule has 100 valence electrons. The second-order valence-corrected chi connectivity index (χ2v) is 6.81. The Labute approximate surface area is 118 Å². The molecule has 0 amide bonds. The van der Waals surface area contributed by atoms with Crippen molar-refractivity contribution in [3.05, 3.63) is 28.8 Å². The summed E-state index contributed by atoms with van der Waals surface area (Å²) >= 11 is 7.90. The van der Waals surface area contributed by atoms with E-state index in [0.717, 1.165) is 16.5 Å². The molecule has 1 fully saturated rings. The molecule has 1 aromatic carbocycles. The van der Waals surface area contributed by atoms with Gasteiger partial charge in [-0.1, -0.05) is 24.6 Å². The van der Waals surface area contributed by atoms with Gasteiger partial charge in [0.15, 0.2) is 0 Å². The molecule has 0 aromatic heterocycles. The van der Waals surface area contributed by atoms with Crippen molar-refractivity contribution >= 4 is 23.4 Å². The lowest BCUT2D eigenvalue weighted by molar-refractivity contribution is 0.196. The van der Waals surface area contributed by atoms with Crippen LogP contribution in [0.15, 0.2) is 23.1 Å². The van der Waals surface area contributed by atoms with Crippen molar-refractivity contribution in [3.8, 4) is 0 Å². The Hall–Kier alpha value is -0.220. The first-order chi connectivity index (χ1) is 8.56. The lowest BCUT2D eigenvalue weighted by atomic mass is 10.2. The number of halogens is 1. The third-order valence-electron chi connectivity index (χ3n) is 3.16. The van der Waals surface area contributed by atoms with Crippen molar-refractivity contribution < 1.29 is 5.11 Å². The molecule has 2 rings (SSSR count). The third-order valence-corrected chi connectivity index (χ3v) is 4.96. The van der Waals surface area contributed by atoms with Gasteiger partial charge in [0.25, 0.3) is 0 Å². The van der Waals surface area contributed by atoms with Crippen LogP contribution in [0.3, 0.4) is 0 Å². The quantitative estimate of drug-likeness (QED) is 0.785. The zero-order chi connectivity index (χ0) is 13.1.